The second kappa shape index (κ2) is 7.99. The molecule has 2 rings (SSSR count). The molecule has 1 aliphatic heterocycles. The van der Waals surface area contributed by atoms with Crippen LogP contribution in [0.1, 0.15) is 59.1 Å². The summed E-state index contributed by atoms with van der Waals surface area (Å²) in [7, 11) is 0. The number of piperidine rings is 1. The standard InChI is InChI=1S/C17H27N3O2S/c1-5-7-14-10-15(21)19-17(18-14)23-13(4)16(22)20-11(2)8-6-9-12(20)3/h10-13H,5-9H2,1-4H3,(H,18,19,21)/t11-,12-,13+/m0/s1. The number of aromatic amines is 1. The fraction of sp³-hybridized carbons (Fsp3) is 0.706. The van der Waals surface area contributed by atoms with Crippen molar-refractivity contribution in [2.24, 2.45) is 0 Å². The Balaban J connectivity index is 2.10. The molecule has 1 aromatic heterocycles. The van der Waals surface area contributed by atoms with Crippen molar-refractivity contribution in [2.45, 2.75) is 82.3 Å². The first-order valence-corrected chi connectivity index (χ1v) is 9.39. The van der Waals surface area contributed by atoms with Gasteiger partial charge in [-0.2, -0.15) is 0 Å². The lowest BCUT2D eigenvalue weighted by Crippen LogP contribution is -2.50. The predicted molar refractivity (Wildman–Crippen MR) is 93.8 cm³/mol. The first-order valence-electron chi connectivity index (χ1n) is 8.51. The number of aryl methyl sites for hydroxylation is 1. The van der Waals surface area contributed by atoms with E-state index in [1.165, 1.54) is 24.2 Å². The molecular formula is C17H27N3O2S. The minimum absolute atomic E-state index is 0.137. The topological polar surface area (TPSA) is 66.1 Å². The van der Waals surface area contributed by atoms with Crippen molar-refractivity contribution in [3.05, 3.63) is 22.1 Å². The van der Waals surface area contributed by atoms with Crippen LogP contribution in [-0.2, 0) is 11.2 Å². The quantitative estimate of drug-likeness (QED) is 0.662. The highest BCUT2D eigenvalue weighted by Crippen LogP contribution is 2.27. The molecule has 0 unspecified atom stereocenters. The molecule has 1 N–H and O–H groups in total. The number of nitrogens with one attached hydrogen (secondary N) is 1. The van der Waals surface area contributed by atoms with Gasteiger partial charge in [0.2, 0.25) is 5.91 Å². The Labute approximate surface area is 142 Å². The molecule has 6 heteroatoms. The number of rotatable bonds is 5. The maximum absolute atomic E-state index is 12.8. The van der Waals surface area contributed by atoms with Crippen molar-refractivity contribution in [3.63, 3.8) is 0 Å². The van der Waals surface area contributed by atoms with Crippen LogP contribution in [0.15, 0.2) is 16.0 Å². The van der Waals surface area contributed by atoms with E-state index in [-0.39, 0.29) is 28.8 Å². The van der Waals surface area contributed by atoms with Crippen LogP contribution in [0.2, 0.25) is 0 Å². The zero-order valence-electron chi connectivity index (χ0n) is 14.5. The van der Waals surface area contributed by atoms with E-state index in [4.69, 9.17) is 0 Å². The summed E-state index contributed by atoms with van der Waals surface area (Å²) < 4.78 is 0. The molecule has 1 saturated heterocycles. The minimum atomic E-state index is -0.252. The Bertz CT molecular complexity index is 592. The first kappa shape index (κ1) is 18.0. The van der Waals surface area contributed by atoms with Crippen LogP contribution < -0.4 is 5.56 Å². The Morgan fingerprint density at radius 1 is 1.43 bits per heavy atom. The summed E-state index contributed by atoms with van der Waals surface area (Å²) in [5.74, 6) is 0.137. The number of hydrogen-bond donors (Lipinski definition) is 1. The number of H-pyrrole nitrogens is 1. The number of carbonyl (C=O) groups is 1. The van der Waals surface area contributed by atoms with Crippen LogP contribution in [0.4, 0.5) is 0 Å². The van der Waals surface area contributed by atoms with E-state index in [0.29, 0.717) is 5.16 Å². The molecule has 2 heterocycles. The lowest BCUT2D eigenvalue weighted by atomic mass is 9.97. The van der Waals surface area contributed by atoms with Gasteiger partial charge in [-0.15, -0.1) is 0 Å². The lowest BCUT2D eigenvalue weighted by Gasteiger charge is -2.40. The van der Waals surface area contributed by atoms with E-state index in [9.17, 15) is 9.59 Å². The third-order valence-corrected chi connectivity index (χ3v) is 5.34. The molecule has 1 fully saturated rings. The van der Waals surface area contributed by atoms with Crippen LogP contribution >= 0.6 is 11.8 Å². The molecule has 1 aliphatic rings. The van der Waals surface area contributed by atoms with Gasteiger partial charge in [-0.25, -0.2) is 4.98 Å². The molecule has 5 nitrogen and oxygen atoms in total. The second-order valence-corrected chi connectivity index (χ2v) is 7.76. The SMILES string of the molecule is CCCc1cc(=O)[nH]c(S[C@H](C)C(=O)N2[C@@H](C)CCC[C@@H]2C)n1. The van der Waals surface area contributed by atoms with Crippen LogP contribution in [0, 0.1) is 0 Å². The van der Waals surface area contributed by atoms with Crippen LogP contribution in [0.3, 0.4) is 0 Å². The average Bonchev–Trinajstić information content (AvgIpc) is 2.46. The van der Waals surface area contributed by atoms with Crippen LogP contribution in [-0.4, -0.2) is 38.1 Å². The fourth-order valence-electron chi connectivity index (χ4n) is 3.21. The molecule has 1 amide bonds. The zero-order chi connectivity index (χ0) is 17.0. The van der Waals surface area contributed by atoms with Gasteiger partial charge in [-0.3, -0.25) is 9.59 Å². The van der Waals surface area contributed by atoms with Crippen molar-refractivity contribution >= 4 is 17.7 Å². The van der Waals surface area contributed by atoms with Gasteiger partial charge in [0.05, 0.1) is 5.25 Å². The van der Waals surface area contributed by atoms with Gasteiger partial charge in [0.1, 0.15) is 0 Å². The molecule has 23 heavy (non-hydrogen) atoms. The maximum atomic E-state index is 12.8. The molecule has 0 aromatic carbocycles. The van der Waals surface area contributed by atoms with Gasteiger partial charge < -0.3 is 9.88 Å². The average molecular weight is 337 g/mol. The lowest BCUT2D eigenvalue weighted by molar-refractivity contribution is -0.136. The second-order valence-electron chi connectivity index (χ2n) is 6.43. The molecule has 128 valence electrons. The van der Waals surface area contributed by atoms with Gasteiger partial charge in [0.15, 0.2) is 5.16 Å². The number of likely N-dealkylation sites (tertiary alicyclic amines) is 1. The fourth-order valence-corrected chi connectivity index (χ4v) is 4.09. The Kier molecular flexibility index (Phi) is 6.27. The number of nitrogens with zero attached hydrogens (tertiary/aromatic N) is 2. The van der Waals surface area contributed by atoms with Crippen LogP contribution in [0.5, 0.6) is 0 Å². The predicted octanol–water partition coefficient (Wildman–Crippen LogP) is 2.99. The Hall–Kier alpha value is -1.30. The number of aromatic nitrogens is 2. The molecule has 0 bridgehead atoms. The van der Waals surface area contributed by atoms with Crippen molar-refractivity contribution in [3.8, 4) is 0 Å². The molecule has 3 atom stereocenters. The first-order chi connectivity index (χ1) is 10.9. The minimum Gasteiger partial charge on any atom is -0.336 e. The molecule has 0 aliphatic carbocycles. The molecule has 1 aromatic rings. The number of hydrogen-bond acceptors (Lipinski definition) is 4. The van der Waals surface area contributed by atoms with E-state index in [0.717, 1.165) is 31.4 Å². The number of amides is 1. The van der Waals surface area contributed by atoms with Gasteiger partial charge in [-0.1, -0.05) is 25.1 Å². The van der Waals surface area contributed by atoms with E-state index < -0.39 is 0 Å². The zero-order valence-corrected chi connectivity index (χ0v) is 15.3. The number of carbonyl (C=O) groups excluding carboxylic acids is 1. The van der Waals surface area contributed by atoms with Gasteiger partial charge in [0.25, 0.3) is 5.56 Å². The summed E-state index contributed by atoms with van der Waals surface area (Å²) in [6.07, 6.45) is 5.03. The van der Waals surface area contributed by atoms with Crippen LogP contribution in [0.25, 0.3) is 0 Å². The van der Waals surface area contributed by atoms with Gasteiger partial charge in [0, 0.05) is 23.8 Å². The van der Waals surface area contributed by atoms with Crippen molar-refractivity contribution < 1.29 is 4.79 Å². The van der Waals surface area contributed by atoms with Gasteiger partial charge >= 0.3 is 0 Å². The summed E-state index contributed by atoms with van der Waals surface area (Å²) in [4.78, 5) is 33.8. The highest BCUT2D eigenvalue weighted by atomic mass is 32.2. The summed E-state index contributed by atoms with van der Waals surface area (Å²) in [6, 6.07) is 2.11. The van der Waals surface area contributed by atoms with Crippen molar-refractivity contribution in [1.29, 1.82) is 0 Å². The monoisotopic (exact) mass is 337 g/mol. The van der Waals surface area contributed by atoms with Crippen molar-refractivity contribution in [1.82, 2.24) is 14.9 Å². The highest BCUT2D eigenvalue weighted by molar-refractivity contribution is 8.00. The smallest absolute Gasteiger partial charge is 0.251 e. The third kappa shape index (κ3) is 4.59. The van der Waals surface area contributed by atoms with E-state index >= 15 is 0 Å². The third-order valence-electron chi connectivity index (χ3n) is 4.36. The number of thioether (sulfide) groups is 1. The van der Waals surface area contributed by atoms with E-state index in [2.05, 4.69) is 30.7 Å². The summed E-state index contributed by atoms with van der Waals surface area (Å²) in [5.41, 5.74) is 0.642. The largest absolute Gasteiger partial charge is 0.336 e. The molecule has 0 spiro atoms. The highest BCUT2D eigenvalue weighted by Gasteiger charge is 2.32. The van der Waals surface area contributed by atoms with Crippen molar-refractivity contribution in [2.75, 3.05) is 0 Å². The maximum Gasteiger partial charge on any atom is 0.251 e. The van der Waals surface area contributed by atoms with E-state index in [1.807, 2.05) is 11.8 Å². The Morgan fingerprint density at radius 3 is 2.70 bits per heavy atom. The Morgan fingerprint density at radius 2 is 2.09 bits per heavy atom. The summed E-state index contributed by atoms with van der Waals surface area (Å²) in [6.45, 7) is 8.19. The van der Waals surface area contributed by atoms with E-state index in [1.54, 1.807) is 0 Å². The molecular weight excluding hydrogens is 310 g/mol. The van der Waals surface area contributed by atoms with Gasteiger partial charge in [-0.05, 0) is 46.5 Å². The summed E-state index contributed by atoms with van der Waals surface area (Å²) >= 11 is 1.35. The normalized spacial score (nSPS) is 22.9. The molecule has 0 saturated carbocycles. The molecule has 0 radical (unpaired) electrons. The summed E-state index contributed by atoms with van der Waals surface area (Å²) in [5, 5.41) is 0.289.